The van der Waals surface area contributed by atoms with Crippen molar-refractivity contribution in [1.29, 1.82) is 0 Å². The molecule has 0 spiro atoms. The molecule has 1 aromatic heterocycles. The van der Waals surface area contributed by atoms with Gasteiger partial charge in [-0.25, -0.2) is 9.78 Å². The Morgan fingerprint density at radius 1 is 1.21 bits per heavy atom. The van der Waals surface area contributed by atoms with E-state index in [9.17, 15) is 14.9 Å². The van der Waals surface area contributed by atoms with Gasteiger partial charge in [-0.3, -0.25) is 10.1 Å². The third-order valence-corrected chi connectivity index (χ3v) is 4.60. The Kier molecular flexibility index (Phi) is 6.18. The fourth-order valence-electron chi connectivity index (χ4n) is 2.32. The number of ether oxygens (including phenoxy) is 3. The van der Waals surface area contributed by atoms with Gasteiger partial charge in [0.05, 0.1) is 17.7 Å². The van der Waals surface area contributed by atoms with Crippen LogP contribution in [0.5, 0.6) is 11.5 Å². The van der Waals surface area contributed by atoms with Crippen LogP contribution in [-0.4, -0.2) is 29.6 Å². The molecule has 0 bridgehead atoms. The Balaban J connectivity index is 1.54. The van der Waals surface area contributed by atoms with Crippen molar-refractivity contribution in [2.75, 3.05) is 13.7 Å². The number of nitro benzene ring substituents is 1. The number of para-hydroxylation sites is 2. The number of hydrogen-bond acceptors (Lipinski definition) is 8. The van der Waals surface area contributed by atoms with Gasteiger partial charge in [-0.15, -0.1) is 11.3 Å². The number of benzene rings is 2. The van der Waals surface area contributed by atoms with Gasteiger partial charge in [-0.05, 0) is 18.2 Å². The van der Waals surface area contributed by atoms with Crippen molar-refractivity contribution in [3.8, 4) is 22.1 Å². The van der Waals surface area contributed by atoms with Gasteiger partial charge < -0.3 is 14.2 Å². The summed E-state index contributed by atoms with van der Waals surface area (Å²) < 4.78 is 15.5. The van der Waals surface area contributed by atoms with Gasteiger partial charge in [0.2, 0.25) is 0 Å². The lowest BCUT2D eigenvalue weighted by molar-refractivity contribution is -0.385. The molecule has 2 aromatic carbocycles. The first-order chi connectivity index (χ1) is 13.6. The molecule has 0 aliphatic heterocycles. The van der Waals surface area contributed by atoms with Crippen LogP contribution >= 0.6 is 11.3 Å². The second kappa shape index (κ2) is 8.96. The van der Waals surface area contributed by atoms with Crippen LogP contribution < -0.4 is 9.47 Å². The van der Waals surface area contributed by atoms with Crippen LogP contribution in [0, 0.1) is 10.1 Å². The number of carbonyl (C=O) groups excluding carboxylic acids is 1. The van der Waals surface area contributed by atoms with Crippen molar-refractivity contribution in [2.45, 2.75) is 6.61 Å². The summed E-state index contributed by atoms with van der Waals surface area (Å²) >= 11 is 1.42. The van der Waals surface area contributed by atoms with Gasteiger partial charge in [0.15, 0.2) is 12.4 Å². The Morgan fingerprint density at radius 2 is 2.04 bits per heavy atom. The zero-order chi connectivity index (χ0) is 19.9. The maximum absolute atomic E-state index is 11.9. The minimum atomic E-state index is -0.644. The molecule has 0 aliphatic carbocycles. The summed E-state index contributed by atoms with van der Waals surface area (Å²) in [5.41, 5.74) is 1.29. The first kappa shape index (κ1) is 19.3. The summed E-state index contributed by atoms with van der Waals surface area (Å²) in [6, 6.07) is 13.3. The molecule has 3 aromatic rings. The fourth-order valence-corrected chi connectivity index (χ4v) is 3.13. The van der Waals surface area contributed by atoms with E-state index in [-0.39, 0.29) is 18.0 Å². The van der Waals surface area contributed by atoms with Crippen LogP contribution in [0.25, 0.3) is 10.6 Å². The summed E-state index contributed by atoms with van der Waals surface area (Å²) in [5.74, 6) is 0.0975. The number of esters is 1. The fraction of sp³-hybridized carbons (Fsp3) is 0.158. The van der Waals surface area contributed by atoms with E-state index in [2.05, 4.69) is 4.98 Å². The van der Waals surface area contributed by atoms with Crippen LogP contribution in [0.3, 0.4) is 0 Å². The average Bonchev–Trinajstić information content (AvgIpc) is 3.20. The van der Waals surface area contributed by atoms with E-state index in [1.807, 2.05) is 24.3 Å². The quantitative estimate of drug-likeness (QED) is 0.321. The minimum absolute atomic E-state index is 0.0124. The first-order valence-corrected chi connectivity index (χ1v) is 9.05. The number of aromatic nitrogens is 1. The Bertz CT molecular complexity index is 988. The van der Waals surface area contributed by atoms with E-state index in [0.717, 1.165) is 16.3 Å². The van der Waals surface area contributed by atoms with Crippen molar-refractivity contribution in [2.24, 2.45) is 0 Å². The number of carbonyl (C=O) groups is 1. The topological polar surface area (TPSA) is 101 Å². The van der Waals surface area contributed by atoms with Gasteiger partial charge in [-0.1, -0.05) is 24.3 Å². The van der Waals surface area contributed by atoms with Gasteiger partial charge in [-0.2, -0.15) is 0 Å². The Morgan fingerprint density at radius 3 is 2.82 bits per heavy atom. The minimum Gasteiger partial charge on any atom is -0.497 e. The highest BCUT2D eigenvalue weighted by atomic mass is 32.1. The molecule has 0 saturated carbocycles. The smallest absolute Gasteiger partial charge is 0.344 e. The molecule has 0 unspecified atom stereocenters. The second-order valence-electron chi connectivity index (χ2n) is 5.55. The first-order valence-electron chi connectivity index (χ1n) is 8.17. The third-order valence-electron chi connectivity index (χ3n) is 3.66. The molecular weight excluding hydrogens is 384 g/mol. The standard InChI is InChI=1S/C19H16N2O6S/c1-25-15-6-4-5-13(9-15)19-20-14(12-28-19)10-27-18(22)11-26-17-8-3-2-7-16(17)21(23)24/h2-9,12H,10-11H2,1H3. The largest absolute Gasteiger partial charge is 0.497 e. The molecule has 0 amide bonds. The van der Waals surface area contributed by atoms with Crippen molar-refractivity contribution in [3.63, 3.8) is 0 Å². The molecule has 144 valence electrons. The molecule has 0 N–H and O–H groups in total. The maximum atomic E-state index is 11.9. The molecule has 3 rings (SSSR count). The molecule has 0 fully saturated rings. The van der Waals surface area contributed by atoms with Gasteiger partial charge in [0.25, 0.3) is 0 Å². The maximum Gasteiger partial charge on any atom is 0.344 e. The van der Waals surface area contributed by atoms with E-state index < -0.39 is 17.5 Å². The Hall–Kier alpha value is -3.46. The zero-order valence-electron chi connectivity index (χ0n) is 14.9. The predicted molar refractivity (Wildman–Crippen MR) is 102 cm³/mol. The highest BCUT2D eigenvalue weighted by molar-refractivity contribution is 7.13. The van der Waals surface area contributed by atoms with Crippen molar-refractivity contribution >= 4 is 23.0 Å². The summed E-state index contributed by atoms with van der Waals surface area (Å²) in [5, 5.41) is 13.5. The van der Waals surface area contributed by atoms with E-state index in [1.165, 1.54) is 29.5 Å². The lowest BCUT2D eigenvalue weighted by Gasteiger charge is -2.06. The lowest BCUT2D eigenvalue weighted by atomic mass is 10.2. The zero-order valence-corrected chi connectivity index (χ0v) is 15.7. The number of nitro groups is 1. The summed E-state index contributed by atoms with van der Waals surface area (Å²) in [6.45, 7) is -0.447. The van der Waals surface area contributed by atoms with Crippen LogP contribution in [0.2, 0.25) is 0 Å². The van der Waals surface area contributed by atoms with Crippen molar-refractivity contribution in [3.05, 3.63) is 69.7 Å². The van der Waals surface area contributed by atoms with E-state index in [0.29, 0.717) is 5.69 Å². The monoisotopic (exact) mass is 400 g/mol. The van der Waals surface area contributed by atoms with Crippen molar-refractivity contribution in [1.82, 2.24) is 4.98 Å². The Labute approximate surface area is 164 Å². The molecule has 9 heteroatoms. The summed E-state index contributed by atoms with van der Waals surface area (Å²) in [6.07, 6.45) is 0. The van der Waals surface area contributed by atoms with Crippen LogP contribution in [0.4, 0.5) is 5.69 Å². The average molecular weight is 400 g/mol. The molecule has 0 saturated heterocycles. The van der Waals surface area contributed by atoms with Gasteiger partial charge >= 0.3 is 11.7 Å². The van der Waals surface area contributed by atoms with Crippen molar-refractivity contribution < 1.29 is 23.9 Å². The van der Waals surface area contributed by atoms with E-state index >= 15 is 0 Å². The number of hydrogen-bond donors (Lipinski definition) is 0. The molecule has 0 radical (unpaired) electrons. The van der Waals surface area contributed by atoms with Crippen LogP contribution in [0.1, 0.15) is 5.69 Å². The third kappa shape index (κ3) is 4.83. The SMILES string of the molecule is COc1cccc(-c2nc(COC(=O)COc3ccccc3[N+](=O)[O-])cs2)c1. The second-order valence-corrected chi connectivity index (χ2v) is 6.41. The number of thiazole rings is 1. The van der Waals surface area contributed by atoms with Gasteiger partial charge in [0, 0.05) is 17.0 Å². The predicted octanol–water partition coefficient (Wildman–Crippen LogP) is 3.85. The number of methoxy groups -OCH3 is 1. The number of rotatable bonds is 8. The summed E-state index contributed by atoms with van der Waals surface area (Å²) in [4.78, 5) is 26.7. The molecule has 0 atom stereocenters. The van der Waals surface area contributed by atoms with Crippen LogP contribution in [0.15, 0.2) is 53.9 Å². The van der Waals surface area contributed by atoms with E-state index in [1.54, 1.807) is 18.6 Å². The highest BCUT2D eigenvalue weighted by Crippen LogP contribution is 2.27. The molecular formula is C19H16N2O6S. The highest BCUT2D eigenvalue weighted by Gasteiger charge is 2.15. The molecule has 0 aliphatic rings. The normalized spacial score (nSPS) is 10.3. The van der Waals surface area contributed by atoms with Gasteiger partial charge in [0.1, 0.15) is 17.4 Å². The lowest BCUT2D eigenvalue weighted by Crippen LogP contribution is -2.15. The number of nitrogens with zero attached hydrogens (tertiary/aromatic N) is 2. The molecule has 28 heavy (non-hydrogen) atoms. The molecule has 8 nitrogen and oxygen atoms in total. The van der Waals surface area contributed by atoms with Crippen LogP contribution in [-0.2, 0) is 16.1 Å². The van der Waals surface area contributed by atoms with E-state index in [4.69, 9.17) is 14.2 Å². The summed E-state index contributed by atoms with van der Waals surface area (Å²) in [7, 11) is 1.60. The molecule has 1 heterocycles.